The molecule has 2 aromatic heterocycles. The predicted molar refractivity (Wildman–Crippen MR) is 112 cm³/mol. The Morgan fingerprint density at radius 2 is 1.13 bits per heavy atom. The van der Waals surface area contributed by atoms with Crippen LogP contribution in [-0.4, -0.2) is 26.8 Å². The first-order valence-corrected chi connectivity index (χ1v) is 9.18. The first-order valence-electron chi connectivity index (χ1n) is 9.18. The minimum Gasteiger partial charge on any atom is -0.495 e. The van der Waals surface area contributed by atoms with Gasteiger partial charge in [-0.15, -0.1) is 0 Å². The van der Waals surface area contributed by atoms with Crippen molar-refractivity contribution in [1.29, 1.82) is 0 Å². The van der Waals surface area contributed by atoms with Crippen LogP contribution in [0.15, 0.2) is 30.6 Å². The zero-order chi connectivity index (χ0) is 23.0. The summed E-state index contributed by atoms with van der Waals surface area (Å²) in [6.07, 6.45) is 7.15. The highest BCUT2D eigenvalue weighted by molar-refractivity contribution is 5.85. The molecule has 0 saturated carbocycles. The van der Waals surface area contributed by atoms with Crippen LogP contribution in [0.2, 0.25) is 0 Å². The summed E-state index contributed by atoms with van der Waals surface area (Å²) in [6.45, 7) is 2.73. The van der Waals surface area contributed by atoms with Crippen LogP contribution in [-0.2, 0) is 18.0 Å². The molecule has 9 heteroatoms. The standard InChI is InChI=1S/C22H22O9/c1-5-7-17-13(9-23)19(27-3)15(21(25)30-17)11-29-12-16-20(28-4)14(10-24)18(8-6-2)31-22(16)26/h5-10H,11-12H2,1-4H3. The van der Waals surface area contributed by atoms with Crippen LogP contribution in [0.1, 0.15) is 57.2 Å². The second kappa shape index (κ2) is 10.9. The first-order chi connectivity index (χ1) is 15.0. The Bertz CT molecular complexity index is 1040. The summed E-state index contributed by atoms with van der Waals surface area (Å²) in [4.78, 5) is 47.8. The van der Waals surface area contributed by atoms with Gasteiger partial charge in [0.05, 0.1) is 38.6 Å². The van der Waals surface area contributed by atoms with Gasteiger partial charge in [-0.2, -0.15) is 0 Å². The molecule has 0 radical (unpaired) electrons. The van der Waals surface area contributed by atoms with Crippen LogP contribution in [0.4, 0.5) is 0 Å². The third-order valence-corrected chi connectivity index (χ3v) is 4.24. The van der Waals surface area contributed by atoms with E-state index in [1.165, 1.54) is 26.4 Å². The maximum absolute atomic E-state index is 12.4. The van der Waals surface area contributed by atoms with Gasteiger partial charge in [-0.25, -0.2) is 9.59 Å². The molecule has 0 saturated heterocycles. The molecule has 0 unspecified atom stereocenters. The maximum atomic E-state index is 12.4. The molecule has 0 aliphatic carbocycles. The molecule has 9 nitrogen and oxygen atoms in total. The molecule has 2 rings (SSSR count). The minimum absolute atomic E-state index is 0.00959. The van der Waals surface area contributed by atoms with E-state index in [-0.39, 0.29) is 58.5 Å². The monoisotopic (exact) mass is 430 g/mol. The van der Waals surface area contributed by atoms with Crippen molar-refractivity contribution < 1.29 is 32.6 Å². The second-order valence-electron chi connectivity index (χ2n) is 6.09. The summed E-state index contributed by atoms with van der Waals surface area (Å²) >= 11 is 0. The zero-order valence-electron chi connectivity index (χ0n) is 17.6. The fourth-order valence-corrected chi connectivity index (χ4v) is 2.91. The number of methoxy groups -OCH3 is 2. The van der Waals surface area contributed by atoms with E-state index in [4.69, 9.17) is 23.0 Å². The molecule has 0 spiro atoms. The summed E-state index contributed by atoms with van der Waals surface area (Å²) in [7, 11) is 2.61. The molecule has 0 aliphatic rings. The lowest BCUT2D eigenvalue weighted by Crippen LogP contribution is -2.17. The number of carbonyl (C=O) groups excluding carboxylic acids is 2. The highest BCUT2D eigenvalue weighted by atomic mass is 16.5. The quantitative estimate of drug-likeness (QED) is 0.523. The number of rotatable bonds is 10. The molecular weight excluding hydrogens is 408 g/mol. The minimum atomic E-state index is -0.758. The van der Waals surface area contributed by atoms with Gasteiger partial charge in [-0.1, -0.05) is 12.2 Å². The highest BCUT2D eigenvalue weighted by Gasteiger charge is 2.22. The van der Waals surface area contributed by atoms with E-state index >= 15 is 0 Å². The second-order valence-corrected chi connectivity index (χ2v) is 6.09. The summed E-state index contributed by atoms with van der Waals surface area (Å²) < 4.78 is 26.3. The van der Waals surface area contributed by atoms with Gasteiger partial charge in [0.1, 0.15) is 34.1 Å². The Kier molecular flexibility index (Phi) is 8.27. The summed E-state index contributed by atoms with van der Waals surface area (Å²) in [5.74, 6) is 0.131. The Morgan fingerprint density at radius 3 is 1.42 bits per heavy atom. The fourth-order valence-electron chi connectivity index (χ4n) is 2.91. The first kappa shape index (κ1) is 23.6. The third kappa shape index (κ3) is 4.89. The van der Waals surface area contributed by atoms with Gasteiger partial charge in [0.2, 0.25) is 0 Å². The van der Waals surface area contributed by atoms with Gasteiger partial charge in [0.15, 0.2) is 12.6 Å². The third-order valence-electron chi connectivity index (χ3n) is 4.24. The number of hydrogen-bond acceptors (Lipinski definition) is 9. The molecule has 0 atom stereocenters. The van der Waals surface area contributed by atoms with Crippen molar-refractivity contribution in [3.63, 3.8) is 0 Å². The molecule has 0 N–H and O–H groups in total. The van der Waals surface area contributed by atoms with Crippen molar-refractivity contribution in [2.24, 2.45) is 0 Å². The van der Waals surface area contributed by atoms with Gasteiger partial charge in [0, 0.05) is 0 Å². The lowest BCUT2D eigenvalue weighted by Gasteiger charge is -2.13. The van der Waals surface area contributed by atoms with Crippen molar-refractivity contribution >= 4 is 24.7 Å². The Balaban J connectivity index is 2.42. The van der Waals surface area contributed by atoms with E-state index in [9.17, 15) is 19.2 Å². The zero-order valence-corrected chi connectivity index (χ0v) is 17.6. The summed E-state index contributed by atoms with van der Waals surface area (Å²) in [5.41, 5.74) is -1.49. The molecule has 0 aliphatic heterocycles. The van der Waals surface area contributed by atoms with Crippen molar-refractivity contribution in [3.05, 3.63) is 66.8 Å². The summed E-state index contributed by atoms with van der Waals surface area (Å²) in [5, 5.41) is 0. The lowest BCUT2D eigenvalue weighted by atomic mass is 10.1. The predicted octanol–water partition coefficient (Wildman–Crippen LogP) is 3.02. The molecule has 0 bridgehead atoms. The largest absolute Gasteiger partial charge is 0.495 e. The van der Waals surface area contributed by atoms with Crippen LogP contribution >= 0.6 is 0 Å². The Morgan fingerprint density at radius 1 is 0.742 bits per heavy atom. The van der Waals surface area contributed by atoms with Gasteiger partial charge in [-0.05, 0) is 26.0 Å². The van der Waals surface area contributed by atoms with Gasteiger partial charge < -0.3 is 23.0 Å². The highest BCUT2D eigenvalue weighted by Crippen LogP contribution is 2.27. The number of aldehydes is 2. The van der Waals surface area contributed by atoms with Crippen molar-refractivity contribution in [2.75, 3.05) is 14.2 Å². The lowest BCUT2D eigenvalue weighted by molar-refractivity contribution is 0.0974. The van der Waals surface area contributed by atoms with E-state index in [1.807, 2.05) is 0 Å². The average Bonchev–Trinajstić information content (AvgIpc) is 2.75. The number of hydrogen-bond donors (Lipinski definition) is 0. The maximum Gasteiger partial charge on any atom is 0.345 e. The molecule has 0 amide bonds. The van der Waals surface area contributed by atoms with Crippen LogP contribution < -0.4 is 20.7 Å². The Hall–Kier alpha value is -3.72. The van der Waals surface area contributed by atoms with Crippen LogP contribution in [0.3, 0.4) is 0 Å². The SMILES string of the molecule is CC=Cc1oc(=O)c(COCc2c(OC)c(C=O)c(C=CC)oc2=O)c(OC)c1C=O. The molecule has 2 aromatic rings. The van der Waals surface area contributed by atoms with E-state index in [0.717, 1.165) is 0 Å². The molecule has 0 aromatic carbocycles. The smallest absolute Gasteiger partial charge is 0.345 e. The topological polar surface area (TPSA) is 122 Å². The van der Waals surface area contributed by atoms with Crippen molar-refractivity contribution in [1.82, 2.24) is 0 Å². The normalized spacial score (nSPS) is 11.2. The van der Waals surface area contributed by atoms with E-state index in [1.54, 1.807) is 26.0 Å². The molecule has 0 fully saturated rings. The van der Waals surface area contributed by atoms with E-state index < -0.39 is 11.3 Å². The van der Waals surface area contributed by atoms with E-state index in [0.29, 0.717) is 12.6 Å². The van der Waals surface area contributed by atoms with Crippen molar-refractivity contribution in [2.45, 2.75) is 27.1 Å². The number of ether oxygens (including phenoxy) is 3. The van der Waals surface area contributed by atoms with Gasteiger partial charge >= 0.3 is 11.3 Å². The fraction of sp³-hybridized carbons (Fsp3) is 0.273. The van der Waals surface area contributed by atoms with Crippen LogP contribution in [0.25, 0.3) is 12.2 Å². The Labute approximate surface area is 177 Å². The van der Waals surface area contributed by atoms with Gasteiger partial charge in [0.25, 0.3) is 0 Å². The van der Waals surface area contributed by atoms with Gasteiger partial charge in [-0.3, -0.25) is 9.59 Å². The van der Waals surface area contributed by atoms with E-state index in [2.05, 4.69) is 0 Å². The molecule has 164 valence electrons. The molecule has 31 heavy (non-hydrogen) atoms. The number of allylic oxidation sites excluding steroid dienone is 2. The van der Waals surface area contributed by atoms with Crippen LogP contribution in [0.5, 0.6) is 11.5 Å². The average molecular weight is 430 g/mol. The molecule has 2 heterocycles. The number of carbonyl (C=O) groups is 2. The van der Waals surface area contributed by atoms with Crippen LogP contribution in [0, 0.1) is 0 Å². The molecular formula is C22H22O9. The van der Waals surface area contributed by atoms with Crippen molar-refractivity contribution in [3.8, 4) is 11.5 Å². The summed E-state index contributed by atoms with van der Waals surface area (Å²) in [6, 6.07) is 0.